The van der Waals surface area contributed by atoms with Crippen LogP contribution in [-0.2, 0) is 23.6 Å². The molecule has 0 fully saturated rings. The highest BCUT2D eigenvalue weighted by atomic mass is 32.2. The molecule has 0 radical (unpaired) electrons. The highest BCUT2D eigenvalue weighted by Crippen LogP contribution is 2.43. The van der Waals surface area contributed by atoms with Crippen LogP contribution in [0.1, 0.15) is 41.6 Å². The molecule has 184 valence electrons. The Morgan fingerprint density at radius 3 is 2.60 bits per heavy atom. The number of fused-ring (bicyclic) bond motifs is 1. The van der Waals surface area contributed by atoms with E-state index in [1.54, 1.807) is 31.3 Å². The Balaban J connectivity index is 1.79. The van der Waals surface area contributed by atoms with Gasteiger partial charge in [-0.1, -0.05) is 41.5 Å². The molecule has 1 aromatic heterocycles. The Kier molecular flexibility index (Phi) is 6.75. The summed E-state index contributed by atoms with van der Waals surface area (Å²) in [5.74, 6) is -0.447. The third-order valence-electron chi connectivity index (χ3n) is 5.69. The van der Waals surface area contributed by atoms with Gasteiger partial charge in [0.2, 0.25) is 0 Å². The van der Waals surface area contributed by atoms with Gasteiger partial charge in [-0.25, -0.2) is 13.4 Å². The average Bonchev–Trinajstić information content (AvgIpc) is 3.24. The predicted octanol–water partition coefficient (Wildman–Crippen LogP) is 5.40. The molecule has 0 aliphatic heterocycles. The molecule has 1 heterocycles. The molecule has 0 amide bonds. The Bertz CT molecular complexity index is 1370. The lowest BCUT2D eigenvalue weighted by Gasteiger charge is -2.36. The smallest absolute Gasteiger partial charge is 0.406 e. The van der Waals surface area contributed by atoms with Crippen molar-refractivity contribution in [3.63, 3.8) is 0 Å². The van der Waals surface area contributed by atoms with Crippen LogP contribution in [-0.4, -0.2) is 28.6 Å². The van der Waals surface area contributed by atoms with Crippen molar-refractivity contribution >= 4 is 10.0 Å². The summed E-state index contributed by atoms with van der Waals surface area (Å²) in [5, 5.41) is 3.66. The third kappa shape index (κ3) is 5.42. The Morgan fingerprint density at radius 2 is 1.94 bits per heavy atom. The zero-order chi connectivity index (χ0) is 25.2. The summed E-state index contributed by atoms with van der Waals surface area (Å²) in [6.07, 6.45) is -1.42. The Labute approximate surface area is 199 Å². The first-order valence-electron chi connectivity index (χ1n) is 10.6. The lowest BCUT2D eigenvalue weighted by Crippen LogP contribution is -2.37. The first kappa shape index (κ1) is 24.6. The van der Waals surface area contributed by atoms with Crippen molar-refractivity contribution in [2.45, 2.75) is 42.9 Å². The minimum absolute atomic E-state index is 0.183. The maximum Gasteiger partial charge on any atom is 0.573 e. The van der Waals surface area contributed by atoms with E-state index < -0.39 is 34.2 Å². The van der Waals surface area contributed by atoms with Crippen LogP contribution in [0, 0.1) is 0 Å². The second-order valence-corrected chi connectivity index (χ2v) is 9.90. The van der Waals surface area contributed by atoms with Crippen molar-refractivity contribution in [3.8, 4) is 5.75 Å². The maximum atomic E-state index is 13.7. The molecule has 3 aromatic rings. The van der Waals surface area contributed by atoms with Gasteiger partial charge in [-0.15, -0.1) is 13.2 Å². The number of sulfonamides is 1. The van der Waals surface area contributed by atoms with E-state index >= 15 is 0 Å². The largest absolute Gasteiger partial charge is 0.573 e. The molecular weight excluding hydrogens is 485 g/mol. The molecule has 9 nitrogen and oxygen atoms in total. The van der Waals surface area contributed by atoms with Gasteiger partial charge in [0.15, 0.2) is 5.03 Å². The van der Waals surface area contributed by atoms with Crippen molar-refractivity contribution in [1.29, 1.82) is 0 Å². The van der Waals surface area contributed by atoms with E-state index in [1.807, 2.05) is 0 Å². The topological polar surface area (TPSA) is 113 Å². The lowest BCUT2D eigenvalue weighted by atomic mass is 9.84. The third-order valence-corrected chi connectivity index (χ3v) is 7.43. The maximum absolute atomic E-state index is 13.7. The average molecular weight is 507 g/mol. The molecule has 0 spiro atoms. The fourth-order valence-corrected chi connectivity index (χ4v) is 5.84. The van der Waals surface area contributed by atoms with E-state index in [1.165, 1.54) is 33.5 Å². The molecule has 0 bridgehead atoms. The number of nitrogens with zero attached hydrogens (tertiary/aromatic N) is 6. The number of azide groups is 1. The summed E-state index contributed by atoms with van der Waals surface area (Å²) in [6.45, 7) is -0.223. The minimum Gasteiger partial charge on any atom is -0.406 e. The molecule has 13 heteroatoms. The van der Waals surface area contributed by atoms with Crippen LogP contribution in [0.25, 0.3) is 10.4 Å². The number of halogens is 3. The van der Waals surface area contributed by atoms with Crippen LogP contribution in [0.5, 0.6) is 5.75 Å². The standard InChI is InChI=1S/C22H21F3N6O3S/c1-30-13-21(27-14-30)35(32,33)31(12-15-5-4-6-16(11-15)34-22(23,24)25)20-10-9-19(28-29-26)17-7-2-3-8-18(17)20/h2-8,11,13-14,19-20H,9-10,12H2,1H3. The lowest BCUT2D eigenvalue weighted by molar-refractivity contribution is -0.274. The molecule has 0 saturated heterocycles. The van der Waals surface area contributed by atoms with Crippen LogP contribution >= 0.6 is 0 Å². The molecule has 2 unspecified atom stereocenters. The van der Waals surface area contributed by atoms with Crippen molar-refractivity contribution in [3.05, 3.63) is 88.2 Å². The Morgan fingerprint density at radius 1 is 1.20 bits per heavy atom. The first-order chi connectivity index (χ1) is 16.6. The fraction of sp³-hybridized carbons (Fsp3) is 0.318. The van der Waals surface area contributed by atoms with E-state index in [0.717, 1.165) is 12.1 Å². The number of alkyl halides is 3. The van der Waals surface area contributed by atoms with Crippen LogP contribution in [0.2, 0.25) is 0 Å². The van der Waals surface area contributed by atoms with E-state index in [0.29, 0.717) is 29.5 Å². The summed E-state index contributed by atoms with van der Waals surface area (Å²) in [7, 11) is -2.53. The molecule has 2 atom stereocenters. The minimum atomic E-state index is -4.88. The molecule has 35 heavy (non-hydrogen) atoms. The highest BCUT2D eigenvalue weighted by Gasteiger charge is 2.38. The number of rotatable bonds is 7. The Hall–Kier alpha value is -3.54. The first-order valence-corrected chi connectivity index (χ1v) is 12.0. The normalized spacial score (nSPS) is 18.1. The van der Waals surface area contributed by atoms with Gasteiger partial charge < -0.3 is 9.30 Å². The number of hydrogen-bond acceptors (Lipinski definition) is 5. The zero-order valence-electron chi connectivity index (χ0n) is 18.5. The number of ether oxygens (including phenoxy) is 1. The SMILES string of the molecule is Cn1cnc(S(=O)(=O)N(Cc2cccc(OC(F)(F)F)c2)C2CCC(N=[N+]=[N-])c3ccccc32)c1. The van der Waals surface area contributed by atoms with Crippen molar-refractivity contribution < 1.29 is 26.3 Å². The molecule has 0 saturated carbocycles. The van der Waals surface area contributed by atoms with Gasteiger partial charge in [-0.3, -0.25) is 0 Å². The zero-order valence-corrected chi connectivity index (χ0v) is 19.3. The quantitative estimate of drug-likeness (QED) is 0.243. The van der Waals surface area contributed by atoms with Crippen molar-refractivity contribution in [2.75, 3.05) is 0 Å². The number of aromatic nitrogens is 2. The van der Waals surface area contributed by atoms with Gasteiger partial charge in [0.25, 0.3) is 10.0 Å². The van der Waals surface area contributed by atoms with Crippen molar-refractivity contribution in [2.24, 2.45) is 12.2 Å². The van der Waals surface area contributed by atoms with Gasteiger partial charge in [0, 0.05) is 24.7 Å². The van der Waals surface area contributed by atoms with Crippen LogP contribution in [0.15, 0.2) is 71.2 Å². The molecule has 4 rings (SSSR count). The molecular formula is C22H21F3N6O3S. The summed E-state index contributed by atoms with van der Waals surface area (Å²) in [5.41, 5.74) is 10.6. The van der Waals surface area contributed by atoms with Gasteiger partial charge >= 0.3 is 6.36 Å². The van der Waals surface area contributed by atoms with Gasteiger partial charge in [-0.05, 0) is 47.2 Å². The highest BCUT2D eigenvalue weighted by molar-refractivity contribution is 7.89. The molecule has 2 aromatic carbocycles. The van der Waals surface area contributed by atoms with Gasteiger partial charge in [-0.2, -0.15) is 4.31 Å². The van der Waals surface area contributed by atoms with Crippen LogP contribution in [0.4, 0.5) is 13.2 Å². The fourth-order valence-electron chi connectivity index (χ4n) is 4.25. The second kappa shape index (κ2) is 9.61. The number of benzene rings is 2. The van der Waals surface area contributed by atoms with E-state index in [2.05, 4.69) is 19.7 Å². The monoisotopic (exact) mass is 506 g/mol. The molecule has 0 N–H and O–H groups in total. The number of hydrogen-bond donors (Lipinski definition) is 0. The predicted molar refractivity (Wildman–Crippen MR) is 119 cm³/mol. The number of aryl methyl sites for hydroxylation is 1. The summed E-state index contributed by atoms with van der Waals surface area (Å²) >= 11 is 0. The summed E-state index contributed by atoms with van der Waals surface area (Å²) in [6, 6.07) is 11.2. The van der Waals surface area contributed by atoms with Crippen LogP contribution < -0.4 is 4.74 Å². The molecule has 1 aliphatic rings. The number of imidazole rings is 1. The van der Waals surface area contributed by atoms with E-state index in [-0.39, 0.29) is 11.6 Å². The summed E-state index contributed by atoms with van der Waals surface area (Å²) in [4.78, 5) is 6.91. The summed E-state index contributed by atoms with van der Waals surface area (Å²) < 4.78 is 72.4. The van der Waals surface area contributed by atoms with Gasteiger partial charge in [0.05, 0.1) is 18.4 Å². The van der Waals surface area contributed by atoms with E-state index in [4.69, 9.17) is 5.53 Å². The van der Waals surface area contributed by atoms with Crippen LogP contribution in [0.3, 0.4) is 0 Å². The van der Waals surface area contributed by atoms with E-state index in [9.17, 15) is 21.6 Å². The second-order valence-electron chi connectivity index (χ2n) is 8.07. The van der Waals surface area contributed by atoms with Gasteiger partial charge in [0.1, 0.15) is 5.75 Å². The van der Waals surface area contributed by atoms with Crippen molar-refractivity contribution in [1.82, 2.24) is 13.9 Å². The molecule has 1 aliphatic carbocycles.